The zero-order valence-electron chi connectivity index (χ0n) is 9.45. The SMILES string of the molecule is O=C1CCC(N2C3CCCC2CC3)CC1. The smallest absolute Gasteiger partial charge is 0.133 e. The van der Waals surface area contributed by atoms with Crippen molar-refractivity contribution in [2.75, 3.05) is 0 Å². The molecule has 1 aliphatic carbocycles. The molecule has 3 rings (SSSR count). The Hall–Kier alpha value is -0.370. The lowest BCUT2D eigenvalue weighted by molar-refractivity contribution is -0.121. The second kappa shape index (κ2) is 3.89. The number of fused-ring (bicyclic) bond motifs is 2. The van der Waals surface area contributed by atoms with Gasteiger partial charge in [-0.05, 0) is 38.5 Å². The fourth-order valence-electron chi connectivity index (χ4n) is 3.98. The minimum atomic E-state index is 0.496. The van der Waals surface area contributed by atoms with Crippen molar-refractivity contribution in [3.05, 3.63) is 0 Å². The Bertz CT molecular complexity index is 237. The molecule has 2 aliphatic heterocycles. The summed E-state index contributed by atoms with van der Waals surface area (Å²) in [4.78, 5) is 14.1. The highest BCUT2D eigenvalue weighted by Gasteiger charge is 2.40. The van der Waals surface area contributed by atoms with Crippen molar-refractivity contribution in [1.29, 1.82) is 0 Å². The number of ketones is 1. The highest BCUT2D eigenvalue weighted by atomic mass is 16.1. The van der Waals surface area contributed by atoms with E-state index in [1.165, 1.54) is 32.1 Å². The Morgan fingerprint density at radius 2 is 1.33 bits per heavy atom. The summed E-state index contributed by atoms with van der Waals surface area (Å²) >= 11 is 0. The average Bonchev–Trinajstić information content (AvgIpc) is 2.51. The first-order valence-corrected chi connectivity index (χ1v) is 6.64. The van der Waals surface area contributed by atoms with Gasteiger partial charge in [-0.15, -0.1) is 0 Å². The maximum Gasteiger partial charge on any atom is 0.133 e. The van der Waals surface area contributed by atoms with Crippen LogP contribution >= 0.6 is 0 Å². The van der Waals surface area contributed by atoms with E-state index in [0.717, 1.165) is 43.8 Å². The van der Waals surface area contributed by atoms with Gasteiger partial charge in [-0.3, -0.25) is 9.69 Å². The van der Waals surface area contributed by atoms with Gasteiger partial charge >= 0.3 is 0 Å². The summed E-state index contributed by atoms with van der Waals surface area (Å²) in [5.74, 6) is 0.496. The Morgan fingerprint density at radius 3 is 1.93 bits per heavy atom. The fraction of sp³-hybridized carbons (Fsp3) is 0.923. The number of carbonyl (C=O) groups is 1. The fourth-order valence-corrected chi connectivity index (χ4v) is 3.98. The second-order valence-electron chi connectivity index (χ2n) is 5.53. The number of nitrogens with zero attached hydrogens (tertiary/aromatic N) is 1. The van der Waals surface area contributed by atoms with E-state index < -0.39 is 0 Å². The quantitative estimate of drug-likeness (QED) is 0.658. The van der Waals surface area contributed by atoms with Gasteiger partial charge in [0.15, 0.2) is 0 Å². The lowest BCUT2D eigenvalue weighted by atomic mass is 9.89. The summed E-state index contributed by atoms with van der Waals surface area (Å²) in [6.07, 6.45) is 11.1. The predicted octanol–water partition coefficient (Wildman–Crippen LogP) is 2.52. The number of hydrogen-bond acceptors (Lipinski definition) is 2. The Kier molecular flexibility index (Phi) is 2.55. The van der Waals surface area contributed by atoms with Crippen LogP contribution in [0.15, 0.2) is 0 Å². The van der Waals surface area contributed by atoms with E-state index in [4.69, 9.17) is 0 Å². The van der Waals surface area contributed by atoms with Crippen molar-refractivity contribution in [3.8, 4) is 0 Å². The molecular weight excluding hydrogens is 186 g/mol. The maximum atomic E-state index is 11.3. The molecule has 0 amide bonds. The zero-order chi connectivity index (χ0) is 10.3. The molecule has 2 unspecified atom stereocenters. The van der Waals surface area contributed by atoms with Crippen molar-refractivity contribution in [1.82, 2.24) is 4.90 Å². The van der Waals surface area contributed by atoms with Crippen molar-refractivity contribution >= 4 is 5.78 Å². The molecule has 15 heavy (non-hydrogen) atoms. The summed E-state index contributed by atoms with van der Waals surface area (Å²) < 4.78 is 0. The Morgan fingerprint density at radius 1 is 0.800 bits per heavy atom. The standard InChI is InChI=1S/C13H21NO/c15-13-8-6-12(7-9-13)14-10-2-1-3-11(14)5-4-10/h10-12H,1-9H2. The maximum absolute atomic E-state index is 11.3. The molecular formula is C13H21NO. The van der Waals surface area contributed by atoms with Gasteiger partial charge in [0.25, 0.3) is 0 Å². The van der Waals surface area contributed by atoms with E-state index in [9.17, 15) is 4.79 Å². The van der Waals surface area contributed by atoms with Gasteiger partial charge in [-0.1, -0.05) is 6.42 Å². The summed E-state index contributed by atoms with van der Waals surface area (Å²) in [6.45, 7) is 0. The normalized spacial score (nSPS) is 38.5. The Balaban J connectivity index is 1.69. The molecule has 2 heteroatoms. The van der Waals surface area contributed by atoms with Gasteiger partial charge in [-0.25, -0.2) is 0 Å². The highest BCUT2D eigenvalue weighted by Crippen LogP contribution is 2.39. The first-order chi connectivity index (χ1) is 7.34. The number of carbonyl (C=O) groups excluding carboxylic acids is 1. The summed E-state index contributed by atoms with van der Waals surface area (Å²) in [5, 5.41) is 0. The summed E-state index contributed by atoms with van der Waals surface area (Å²) in [5.41, 5.74) is 0. The van der Waals surface area contributed by atoms with Gasteiger partial charge in [0.1, 0.15) is 5.78 Å². The average molecular weight is 207 g/mol. The third kappa shape index (κ3) is 1.73. The van der Waals surface area contributed by atoms with Crippen LogP contribution in [0.4, 0.5) is 0 Å². The molecule has 0 spiro atoms. The van der Waals surface area contributed by atoms with Crippen LogP contribution < -0.4 is 0 Å². The van der Waals surface area contributed by atoms with Crippen molar-refractivity contribution in [2.45, 2.75) is 75.9 Å². The molecule has 2 atom stereocenters. The molecule has 3 fully saturated rings. The van der Waals surface area contributed by atoms with E-state index >= 15 is 0 Å². The molecule has 0 aromatic carbocycles. The second-order valence-corrected chi connectivity index (χ2v) is 5.53. The van der Waals surface area contributed by atoms with Crippen LogP contribution in [0.3, 0.4) is 0 Å². The van der Waals surface area contributed by atoms with Crippen LogP contribution in [0.5, 0.6) is 0 Å². The third-order valence-electron chi connectivity index (χ3n) is 4.69. The first-order valence-electron chi connectivity index (χ1n) is 6.64. The van der Waals surface area contributed by atoms with Crippen LogP contribution in [0.1, 0.15) is 57.8 Å². The minimum Gasteiger partial charge on any atom is -0.300 e. The topological polar surface area (TPSA) is 20.3 Å². The number of hydrogen-bond donors (Lipinski definition) is 0. The lowest BCUT2D eigenvalue weighted by Crippen LogP contribution is -2.48. The molecule has 0 N–H and O–H groups in total. The van der Waals surface area contributed by atoms with Gasteiger partial charge < -0.3 is 0 Å². The van der Waals surface area contributed by atoms with Crippen molar-refractivity contribution in [2.24, 2.45) is 0 Å². The van der Waals surface area contributed by atoms with Crippen LogP contribution in [0.2, 0.25) is 0 Å². The van der Waals surface area contributed by atoms with Gasteiger partial charge in [0, 0.05) is 31.0 Å². The minimum absolute atomic E-state index is 0.496. The van der Waals surface area contributed by atoms with Crippen LogP contribution in [-0.4, -0.2) is 28.8 Å². The lowest BCUT2D eigenvalue weighted by Gasteiger charge is -2.42. The van der Waals surface area contributed by atoms with Crippen molar-refractivity contribution < 1.29 is 4.79 Å². The molecule has 0 aromatic heterocycles. The molecule has 2 bridgehead atoms. The van der Waals surface area contributed by atoms with E-state index in [2.05, 4.69) is 4.90 Å². The zero-order valence-corrected chi connectivity index (χ0v) is 9.45. The molecule has 3 aliphatic rings. The number of piperidine rings is 1. The Labute approximate surface area is 92.0 Å². The third-order valence-corrected chi connectivity index (χ3v) is 4.69. The van der Waals surface area contributed by atoms with Gasteiger partial charge in [-0.2, -0.15) is 0 Å². The summed E-state index contributed by atoms with van der Waals surface area (Å²) in [7, 11) is 0. The number of rotatable bonds is 1. The van der Waals surface area contributed by atoms with Gasteiger partial charge in [0.2, 0.25) is 0 Å². The molecule has 2 nitrogen and oxygen atoms in total. The number of Topliss-reactive ketones (excluding diaryl/α,β-unsaturated/α-hetero) is 1. The monoisotopic (exact) mass is 207 g/mol. The largest absolute Gasteiger partial charge is 0.300 e. The van der Waals surface area contributed by atoms with Gasteiger partial charge in [0.05, 0.1) is 0 Å². The molecule has 0 radical (unpaired) electrons. The van der Waals surface area contributed by atoms with Crippen molar-refractivity contribution in [3.63, 3.8) is 0 Å². The van der Waals surface area contributed by atoms with Crippen LogP contribution in [0, 0.1) is 0 Å². The molecule has 84 valence electrons. The predicted molar refractivity (Wildman–Crippen MR) is 59.8 cm³/mol. The highest BCUT2D eigenvalue weighted by molar-refractivity contribution is 5.79. The molecule has 2 saturated heterocycles. The van der Waals surface area contributed by atoms with E-state index in [-0.39, 0.29) is 0 Å². The van der Waals surface area contributed by atoms with E-state index in [1.54, 1.807) is 0 Å². The van der Waals surface area contributed by atoms with E-state index in [0.29, 0.717) is 5.78 Å². The molecule has 1 saturated carbocycles. The van der Waals surface area contributed by atoms with Crippen LogP contribution in [-0.2, 0) is 4.79 Å². The molecule has 0 aromatic rings. The van der Waals surface area contributed by atoms with E-state index in [1.807, 2.05) is 0 Å². The van der Waals surface area contributed by atoms with Crippen LogP contribution in [0.25, 0.3) is 0 Å². The molecule has 2 heterocycles. The summed E-state index contributed by atoms with van der Waals surface area (Å²) in [6, 6.07) is 2.50. The first kappa shape index (κ1) is 9.83.